The monoisotopic (exact) mass is 342 g/mol. The fourth-order valence-corrected chi connectivity index (χ4v) is 3.74. The third-order valence-corrected chi connectivity index (χ3v) is 5.35. The molecule has 1 saturated heterocycles. The van der Waals surface area contributed by atoms with Crippen molar-refractivity contribution in [2.24, 2.45) is 0 Å². The van der Waals surface area contributed by atoms with Crippen LogP contribution in [0, 0.1) is 13.8 Å². The van der Waals surface area contributed by atoms with Crippen LogP contribution in [0.25, 0.3) is 0 Å². The van der Waals surface area contributed by atoms with Gasteiger partial charge in [0.15, 0.2) is 0 Å². The van der Waals surface area contributed by atoms with E-state index in [9.17, 15) is 4.79 Å². The summed E-state index contributed by atoms with van der Waals surface area (Å²) in [5.74, 6) is 1.59. The van der Waals surface area contributed by atoms with Crippen LogP contribution < -0.4 is 4.90 Å². The molecule has 0 spiro atoms. The summed E-state index contributed by atoms with van der Waals surface area (Å²) in [5, 5.41) is 0. The summed E-state index contributed by atoms with van der Waals surface area (Å²) < 4.78 is 0. The Morgan fingerprint density at radius 2 is 1.96 bits per heavy atom. The van der Waals surface area contributed by atoms with E-state index < -0.39 is 0 Å². The fourth-order valence-electron chi connectivity index (χ4n) is 2.83. The number of amides is 1. The quantitative estimate of drug-likeness (QED) is 0.799. The topological polar surface area (TPSA) is 49.3 Å². The zero-order chi connectivity index (χ0) is 16.9. The molecule has 24 heavy (non-hydrogen) atoms. The zero-order valence-corrected chi connectivity index (χ0v) is 14.9. The van der Waals surface area contributed by atoms with Crippen molar-refractivity contribution in [3.05, 3.63) is 47.9 Å². The van der Waals surface area contributed by atoms with Crippen LogP contribution in [-0.4, -0.2) is 52.7 Å². The van der Waals surface area contributed by atoms with Crippen molar-refractivity contribution in [3.8, 4) is 0 Å². The molecule has 1 aromatic carbocycles. The number of thioether (sulfide) groups is 1. The Morgan fingerprint density at radius 3 is 2.62 bits per heavy atom. The maximum Gasteiger partial charge on any atom is 0.233 e. The first-order valence-electron chi connectivity index (χ1n) is 8.12. The standard InChI is InChI=1S/C18H22N4OS/c1-14-3-4-16(15(2)11-14)24-13-18(23)22-9-7-21(8-10-22)17-12-19-5-6-20-17/h3-6,11-12H,7-10,13H2,1-2H3. The van der Waals surface area contributed by atoms with Gasteiger partial charge < -0.3 is 9.80 Å². The van der Waals surface area contributed by atoms with Crippen LogP contribution in [0.3, 0.4) is 0 Å². The van der Waals surface area contributed by atoms with Crippen LogP contribution in [0.5, 0.6) is 0 Å². The molecule has 0 atom stereocenters. The molecule has 0 unspecified atom stereocenters. The number of carbonyl (C=O) groups is 1. The molecule has 126 valence electrons. The van der Waals surface area contributed by atoms with E-state index in [2.05, 4.69) is 46.9 Å². The van der Waals surface area contributed by atoms with E-state index >= 15 is 0 Å². The van der Waals surface area contributed by atoms with Gasteiger partial charge in [0.1, 0.15) is 5.82 Å². The lowest BCUT2D eigenvalue weighted by molar-refractivity contribution is -0.128. The molecule has 6 heteroatoms. The van der Waals surface area contributed by atoms with Crippen molar-refractivity contribution in [2.75, 3.05) is 36.8 Å². The van der Waals surface area contributed by atoms with E-state index in [1.807, 2.05) is 4.90 Å². The number of hydrogen-bond acceptors (Lipinski definition) is 5. The van der Waals surface area contributed by atoms with Gasteiger partial charge in [-0.15, -0.1) is 11.8 Å². The van der Waals surface area contributed by atoms with Gasteiger partial charge in [-0.3, -0.25) is 9.78 Å². The normalized spacial score (nSPS) is 14.8. The Bertz CT molecular complexity index is 699. The Kier molecular flexibility index (Phi) is 5.35. The smallest absolute Gasteiger partial charge is 0.233 e. The van der Waals surface area contributed by atoms with Crippen molar-refractivity contribution in [1.82, 2.24) is 14.9 Å². The number of aryl methyl sites for hydroxylation is 2. The predicted molar refractivity (Wildman–Crippen MR) is 97.5 cm³/mol. The van der Waals surface area contributed by atoms with Crippen LogP contribution in [0.15, 0.2) is 41.7 Å². The third-order valence-electron chi connectivity index (χ3n) is 4.19. The molecular weight excluding hydrogens is 320 g/mol. The van der Waals surface area contributed by atoms with Gasteiger partial charge in [-0.2, -0.15) is 0 Å². The van der Waals surface area contributed by atoms with E-state index in [4.69, 9.17) is 0 Å². The van der Waals surface area contributed by atoms with Gasteiger partial charge in [0.05, 0.1) is 11.9 Å². The molecule has 1 fully saturated rings. The Labute approximate surface area is 147 Å². The summed E-state index contributed by atoms with van der Waals surface area (Å²) in [6.07, 6.45) is 5.15. The molecule has 5 nitrogen and oxygen atoms in total. The molecule has 0 radical (unpaired) electrons. The summed E-state index contributed by atoms with van der Waals surface area (Å²) in [6.45, 7) is 7.27. The largest absolute Gasteiger partial charge is 0.352 e. The van der Waals surface area contributed by atoms with Crippen LogP contribution in [0.4, 0.5) is 5.82 Å². The molecule has 0 bridgehead atoms. The number of hydrogen-bond donors (Lipinski definition) is 0. The number of piperazine rings is 1. The average Bonchev–Trinajstić information content (AvgIpc) is 2.62. The Morgan fingerprint density at radius 1 is 1.17 bits per heavy atom. The average molecular weight is 342 g/mol. The maximum absolute atomic E-state index is 12.5. The summed E-state index contributed by atoms with van der Waals surface area (Å²) in [4.78, 5) is 26.2. The van der Waals surface area contributed by atoms with Crippen LogP contribution in [0.2, 0.25) is 0 Å². The predicted octanol–water partition coefficient (Wildman–Crippen LogP) is 2.53. The van der Waals surface area contributed by atoms with Gasteiger partial charge in [-0.25, -0.2) is 4.98 Å². The molecule has 0 aliphatic carbocycles. The van der Waals surface area contributed by atoms with Gasteiger partial charge in [-0.05, 0) is 25.5 Å². The van der Waals surface area contributed by atoms with E-state index in [0.29, 0.717) is 5.75 Å². The molecule has 1 aliphatic heterocycles. The second kappa shape index (κ2) is 7.66. The molecule has 0 saturated carbocycles. The number of benzene rings is 1. The molecule has 3 rings (SSSR count). The third kappa shape index (κ3) is 4.06. The first-order chi connectivity index (χ1) is 11.6. The molecule has 0 N–H and O–H groups in total. The van der Waals surface area contributed by atoms with E-state index in [-0.39, 0.29) is 5.91 Å². The first kappa shape index (κ1) is 16.8. The lowest BCUT2D eigenvalue weighted by Crippen LogP contribution is -2.49. The lowest BCUT2D eigenvalue weighted by atomic mass is 10.2. The number of rotatable bonds is 4. The molecule has 1 aliphatic rings. The molecule has 1 amide bonds. The highest BCUT2D eigenvalue weighted by atomic mass is 32.2. The van der Waals surface area contributed by atoms with Gasteiger partial charge in [0.25, 0.3) is 0 Å². The lowest BCUT2D eigenvalue weighted by Gasteiger charge is -2.35. The van der Waals surface area contributed by atoms with Gasteiger partial charge in [0.2, 0.25) is 5.91 Å². The summed E-state index contributed by atoms with van der Waals surface area (Å²) in [6, 6.07) is 6.36. The van der Waals surface area contributed by atoms with E-state index in [1.54, 1.807) is 30.4 Å². The fraction of sp³-hybridized carbons (Fsp3) is 0.389. The second-order valence-electron chi connectivity index (χ2n) is 5.99. The van der Waals surface area contributed by atoms with Crippen molar-refractivity contribution >= 4 is 23.5 Å². The van der Waals surface area contributed by atoms with Gasteiger partial charge in [-0.1, -0.05) is 17.7 Å². The van der Waals surface area contributed by atoms with Crippen LogP contribution in [-0.2, 0) is 4.79 Å². The Hall–Kier alpha value is -2.08. The molecule has 2 aromatic rings. The van der Waals surface area contributed by atoms with Crippen molar-refractivity contribution in [3.63, 3.8) is 0 Å². The van der Waals surface area contributed by atoms with Gasteiger partial charge in [0, 0.05) is 43.5 Å². The summed E-state index contributed by atoms with van der Waals surface area (Å²) in [7, 11) is 0. The highest BCUT2D eigenvalue weighted by Crippen LogP contribution is 2.23. The first-order valence-corrected chi connectivity index (χ1v) is 9.11. The highest BCUT2D eigenvalue weighted by Gasteiger charge is 2.22. The summed E-state index contributed by atoms with van der Waals surface area (Å²) >= 11 is 1.63. The maximum atomic E-state index is 12.5. The van der Waals surface area contributed by atoms with E-state index in [0.717, 1.165) is 32.0 Å². The van der Waals surface area contributed by atoms with Crippen molar-refractivity contribution < 1.29 is 4.79 Å². The second-order valence-corrected chi connectivity index (χ2v) is 7.01. The summed E-state index contributed by atoms with van der Waals surface area (Å²) in [5.41, 5.74) is 2.49. The number of anilines is 1. The number of carbonyl (C=O) groups excluding carboxylic acids is 1. The minimum Gasteiger partial charge on any atom is -0.352 e. The minimum atomic E-state index is 0.207. The highest BCUT2D eigenvalue weighted by molar-refractivity contribution is 8.00. The Balaban J connectivity index is 1.50. The zero-order valence-electron chi connectivity index (χ0n) is 14.1. The van der Waals surface area contributed by atoms with Crippen LogP contribution >= 0.6 is 11.8 Å². The van der Waals surface area contributed by atoms with Crippen molar-refractivity contribution in [2.45, 2.75) is 18.7 Å². The van der Waals surface area contributed by atoms with Gasteiger partial charge >= 0.3 is 0 Å². The number of nitrogens with zero attached hydrogens (tertiary/aromatic N) is 4. The molecule has 2 heterocycles. The minimum absolute atomic E-state index is 0.207. The SMILES string of the molecule is Cc1ccc(SCC(=O)N2CCN(c3cnccn3)CC2)c(C)c1. The molecular formula is C18H22N4OS. The van der Waals surface area contributed by atoms with Crippen molar-refractivity contribution in [1.29, 1.82) is 0 Å². The number of aromatic nitrogens is 2. The van der Waals surface area contributed by atoms with E-state index in [1.165, 1.54) is 16.0 Å². The molecule has 1 aromatic heterocycles. The van der Waals surface area contributed by atoms with Crippen LogP contribution in [0.1, 0.15) is 11.1 Å².